The van der Waals surface area contributed by atoms with Gasteiger partial charge in [-0.1, -0.05) is 72.1 Å². The fourth-order valence-electron chi connectivity index (χ4n) is 9.00. The van der Waals surface area contributed by atoms with Gasteiger partial charge in [-0.25, -0.2) is 9.37 Å². The van der Waals surface area contributed by atoms with Gasteiger partial charge in [-0.05, 0) is 84.3 Å². The van der Waals surface area contributed by atoms with Gasteiger partial charge in [-0.2, -0.15) is 18.2 Å². The van der Waals surface area contributed by atoms with Crippen LogP contribution in [0.1, 0.15) is 47.9 Å². The highest BCUT2D eigenvalue weighted by atomic mass is 35.5. The number of amides is 4. The van der Waals surface area contributed by atoms with Gasteiger partial charge in [0.05, 0.1) is 39.4 Å². The van der Waals surface area contributed by atoms with Crippen molar-refractivity contribution in [3.8, 4) is 5.75 Å². The number of nitrogens with zero attached hydrogens (tertiary/aromatic N) is 3. The molecule has 3 aromatic carbocycles. The molecule has 15 heteroatoms. The number of anilines is 2. The molecule has 0 radical (unpaired) electrons. The molecule has 55 heavy (non-hydrogen) atoms. The van der Waals surface area contributed by atoms with Crippen molar-refractivity contribution in [3.63, 3.8) is 0 Å². The van der Waals surface area contributed by atoms with E-state index >= 15 is 9.18 Å². The smallest absolute Gasteiger partial charge is 0.417 e. The number of hydrogen-bond donors (Lipinski definition) is 2. The van der Waals surface area contributed by atoms with Crippen molar-refractivity contribution in [1.82, 2.24) is 9.99 Å². The molecule has 2 aliphatic heterocycles. The Hall–Kier alpha value is -5.27. The molecule has 1 saturated carbocycles. The summed E-state index contributed by atoms with van der Waals surface area (Å²) in [5.74, 6) is -9.55. The van der Waals surface area contributed by atoms with E-state index in [1.54, 1.807) is 30.3 Å². The van der Waals surface area contributed by atoms with Crippen LogP contribution in [0, 0.1) is 29.5 Å². The van der Waals surface area contributed by atoms with E-state index < -0.39 is 92.8 Å². The number of phenolic OH excluding ortho intramolecular Hbond substituents is 1. The number of aromatic hydroxyl groups is 1. The normalized spacial score (nSPS) is 26.2. The molecule has 0 spiro atoms. The first-order valence-corrected chi connectivity index (χ1v) is 18.2. The summed E-state index contributed by atoms with van der Waals surface area (Å²) in [5.41, 5.74) is 1.99. The van der Waals surface area contributed by atoms with E-state index in [2.05, 4.69) is 10.4 Å². The number of alkyl halides is 3. The van der Waals surface area contributed by atoms with Crippen LogP contribution in [0.2, 0.25) is 10.0 Å². The lowest BCUT2D eigenvalue weighted by Crippen LogP contribution is -2.53. The van der Waals surface area contributed by atoms with Gasteiger partial charge in [0.1, 0.15) is 0 Å². The zero-order chi connectivity index (χ0) is 39.1. The molecule has 8 rings (SSSR count). The third kappa shape index (κ3) is 5.61. The molecule has 0 unspecified atom stereocenters. The van der Waals surface area contributed by atoms with Crippen LogP contribution < -0.4 is 10.3 Å². The van der Waals surface area contributed by atoms with Crippen molar-refractivity contribution in [2.45, 2.75) is 43.7 Å². The van der Waals surface area contributed by atoms with Crippen LogP contribution in [0.4, 0.5) is 29.1 Å². The van der Waals surface area contributed by atoms with E-state index in [-0.39, 0.29) is 18.4 Å². The van der Waals surface area contributed by atoms with E-state index in [1.165, 1.54) is 18.2 Å². The molecule has 0 bridgehead atoms. The lowest BCUT2D eigenvalue weighted by atomic mass is 9.49. The van der Waals surface area contributed by atoms with Gasteiger partial charge in [0.25, 0.3) is 11.8 Å². The Morgan fingerprint density at radius 2 is 1.64 bits per heavy atom. The molecular weight excluding hydrogens is 763 g/mol. The molecule has 4 amide bonds. The molecule has 6 atom stereocenters. The maximum atomic E-state index is 15.3. The average Bonchev–Trinajstić information content (AvgIpc) is 3.54. The summed E-state index contributed by atoms with van der Waals surface area (Å²) in [6.45, 7) is 1.98. The Labute approximate surface area is 321 Å². The largest absolute Gasteiger partial charge is 0.505 e. The Balaban J connectivity index is 1.30. The molecule has 9 nitrogen and oxygen atoms in total. The van der Waals surface area contributed by atoms with E-state index in [0.717, 1.165) is 29.0 Å². The summed E-state index contributed by atoms with van der Waals surface area (Å²) in [6, 6.07) is 17.5. The number of phenols is 1. The predicted octanol–water partition coefficient (Wildman–Crippen LogP) is 8.00. The number of aromatic nitrogens is 1. The van der Waals surface area contributed by atoms with Crippen LogP contribution in [0.5, 0.6) is 5.75 Å². The highest BCUT2D eigenvalue weighted by molar-refractivity contribution is 6.33. The molecule has 2 aliphatic carbocycles. The van der Waals surface area contributed by atoms with Crippen molar-refractivity contribution in [2.24, 2.45) is 23.7 Å². The van der Waals surface area contributed by atoms with Crippen molar-refractivity contribution >= 4 is 58.3 Å². The summed E-state index contributed by atoms with van der Waals surface area (Å²) < 4.78 is 55.7. The second-order valence-corrected chi connectivity index (χ2v) is 15.0. The topological polar surface area (TPSA) is 120 Å². The zero-order valence-corrected chi connectivity index (χ0v) is 30.3. The molecule has 3 heterocycles. The van der Waals surface area contributed by atoms with Crippen LogP contribution in [-0.4, -0.2) is 38.7 Å². The standard InChI is InChI=1S/C40H30Cl2F4N4O5/c1-2-19-3-10-24(11-4-19)49-35(52)26-13-12-25-27(32(26)37(49)54)17-28-36(53)50(48-34-29(42)16-22(18-47-34)40(44,45)46)38(55)39(28,21-6-8-23(41)9-7-21)33(25)20-5-14-31(51)30(43)15-20/h3-12,14-16,18,26-28,32-33,51H,2,13,17H2,1H3,(H,47,48)/t26-,27+,28-,32-,33-,39+/m0/s1. The van der Waals surface area contributed by atoms with Gasteiger partial charge >= 0.3 is 6.18 Å². The maximum absolute atomic E-state index is 15.3. The number of imide groups is 2. The first kappa shape index (κ1) is 36.7. The summed E-state index contributed by atoms with van der Waals surface area (Å²) in [7, 11) is 0. The molecule has 4 aromatic rings. The zero-order valence-electron chi connectivity index (χ0n) is 28.8. The Kier molecular flexibility index (Phi) is 8.80. The fourth-order valence-corrected chi connectivity index (χ4v) is 9.33. The Bertz CT molecular complexity index is 2320. The first-order chi connectivity index (χ1) is 26.2. The van der Waals surface area contributed by atoms with Crippen molar-refractivity contribution in [2.75, 3.05) is 10.3 Å². The predicted molar refractivity (Wildman–Crippen MR) is 193 cm³/mol. The van der Waals surface area contributed by atoms with Crippen LogP contribution in [-0.2, 0) is 37.2 Å². The maximum Gasteiger partial charge on any atom is 0.417 e. The number of hydrogen-bond acceptors (Lipinski definition) is 7. The number of aryl methyl sites for hydroxylation is 1. The molecule has 4 aliphatic rings. The van der Waals surface area contributed by atoms with Crippen LogP contribution in [0.3, 0.4) is 0 Å². The summed E-state index contributed by atoms with van der Waals surface area (Å²) in [4.78, 5) is 63.4. The fraction of sp³-hybridized carbons (Fsp3) is 0.275. The number of carbonyl (C=O) groups excluding carboxylic acids is 4. The number of hydrazine groups is 1. The third-order valence-corrected chi connectivity index (χ3v) is 12.0. The van der Waals surface area contributed by atoms with E-state index in [9.17, 15) is 32.7 Å². The minimum absolute atomic E-state index is 0.106. The lowest BCUT2D eigenvalue weighted by Gasteiger charge is -2.50. The second-order valence-electron chi connectivity index (χ2n) is 14.2. The van der Waals surface area contributed by atoms with Gasteiger partial charge in [-0.15, -0.1) is 0 Å². The van der Waals surface area contributed by atoms with Crippen molar-refractivity contribution < 1.29 is 41.8 Å². The van der Waals surface area contributed by atoms with Gasteiger partial charge < -0.3 is 5.11 Å². The molecule has 2 N–H and O–H groups in total. The van der Waals surface area contributed by atoms with Gasteiger partial charge in [0, 0.05) is 17.1 Å². The summed E-state index contributed by atoms with van der Waals surface area (Å²) >= 11 is 12.5. The number of fused-ring (bicyclic) bond motifs is 4. The lowest BCUT2D eigenvalue weighted by molar-refractivity contribution is -0.139. The number of carbonyl (C=O) groups is 4. The van der Waals surface area contributed by atoms with E-state index in [1.807, 2.05) is 19.1 Å². The molecule has 2 saturated heterocycles. The number of nitrogens with one attached hydrogen (secondary N) is 1. The third-order valence-electron chi connectivity index (χ3n) is 11.5. The molecular formula is C40H30Cl2F4N4O5. The van der Waals surface area contributed by atoms with Crippen molar-refractivity contribution in [1.29, 1.82) is 0 Å². The first-order valence-electron chi connectivity index (χ1n) is 17.5. The van der Waals surface area contributed by atoms with Crippen molar-refractivity contribution in [3.05, 3.63) is 129 Å². The molecule has 3 fully saturated rings. The Morgan fingerprint density at radius 1 is 0.927 bits per heavy atom. The monoisotopic (exact) mass is 792 g/mol. The molecule has 1 aromatic heterocycles. The second kappa shape index (κ2) is 13.2. The minimum atomic E-state index is -4.77. The van der Waals surface area contributed by atoms with E-state index in [0.29, 0.717) is 39.1 Å². The summed E-state index contributed by atoms with van der Waals surface area (Å²) in [6.07, 6.45) is -1.73. The minimum Gasteiger partial charge on any atom is -0.505 e. The van der Waals surface area contributed by atoms with E-state index in [4.69, 9.17) is 23.2 Å². The molecule has 282 valence electrons. The number of pyridine rings is 1. The highest BCUT2D eigenvalue weighted by Gasteiger charge is 2.70. The Morgan fingerprint density at radius 3 is 2.27 bits per heavy atom. The number of benzene rings is 3. The number of allylic oxidation sites excluding steroid dienone is 2. The average molecular weight is 794 g/mol. The van der Waals surface area contributed by atoms with Gasteiger partial charge in [-0.3, -0.25) is 29.5 Å². The number of halogens is 6. The summed E-state index contributed by atoms with van der Waals surface area (Å²) in [5, 5.41) is 10.7. The van der Waals surface area contributed by atoms with Crippen LogP contribution >= 0.6 is 23.2 Å². The van der Waals surface area contributed by atoms with Crippen LogP contribution in [0.25, 0.3) is 0 Å². The number of rotatable bonds is 6. The SMILES string of the molecule is CCc1ccc(N2C(=O)[C@H]3[C@H](CC=C4[C@H]3C[C@H]3C(=O)N(Nc5ncc(C(F)(F)F)cc5Cl)C(=O)[C@@]3(c3ccc(Cl)cc3)[C@H]4c3ccc(O)c(F)c3)C2=O)cc1. The van der Waals surface area contributed by atoms with Crippen LogP contribution in [0.15, 0.2) is 90.6 Å². The van der Waals surface area contributed by atoms with Gasteiger partial charge in [0.2, 0.25) is 11.8 Å². The quantitative estimate of drug-likeness (QED) is 0.115. The van der Waals surface area contributed by atoms with Gasteiger partial charge in [0.15, 0.2) is 17.4 Å². The highest BCUT2D eigenvalue weighted by Crippen LogP contribution is 2.64.